The van der Waals surface area contributed by atoms with Gasteiger partial charge in [0.1, 0.15) is 24.4 Å². The van der Waals surface area contributed by atoms with E-state index in [4.69, 9.17) is 25.5 Å². The Kier molecular flexibility index (Phi) is 10.1. The fourth-order valence-electron chi connectivity index (χ4n) is 0.618. The Hall–Kier alpha value is -0.610. The molecule has 14 heavy (non-hydrogen) atoms. The van der Waals surface area contributed by atoms with E-state index in [2.05, 4.69) is 11.7 Å². The molecule has 0 saturated carbocycles. The molecule has 9 N–H and O–H groups in total. The van der Waals surface area contributed by atoms with Crippen LogP contribution in [0.3, 0.4) is 0 Å². The van der Waals surface area contributed by atoms with Gasteiger partial charge in [-0.05, 0) is 0 Å². The number of hydrogen-bond acceptors (Lipinski definition) is 8. The number of aliphatic hydroxyl groups excluding tert-OH is 5. The summed E-state index contributed by atoms with van der Waals surface area (Å²) in [4.78, 5) is 9.90. The third kappa shape index (κ3) is 5.19. The van der Waals surface area contributed by atoms with E-state index in [1.807, 2.05) is 0 Å². The molecule has 8 nitrogen and oxygen atoms in total. The highest BCUT2D eigenvalue weighted by molar-refractivity contribution is 5.56. The van der Waals surface area contributed by atoms with Crippen LogP contribution >= 0.6 is 0 Å². The number of rotatable bonds is 5. The molecule has 0 bridgehead atoms. The first-order valence-corrected chi connectivity index (χ1v) is 3.66. The molecule has 0 aliphatic heterocycles. The molecule has 0 amide bonds. The van der Waals surface area contributed by atoms with Crippen molar-refractivity contribution in [3.8, 4) is 0 Å². The smallest absolute Gasteiger partial charge is 0.151 e. The standard InChI is InChI=1S/C6H12O6.H4N2/c7-1-3(9)5(11)6(12)4(10)2-8;1-2/h1,3-6,8-12H,2H2;1-2H2. The molecular weight excluding hydrogens is 196 g/mol. The maximum Gasteiger partial charge on any atom is 0.151 e. The summed E-state index contributed by atoms with van der Waals surface area (Å²) >= 11 is 0. The molecule has 0 fully saturated rings. The monoisotopic (exact) mass is 212 g/mol. The summed E-state index contributed by atoms with van der Waals surface area (Å²) in [5.74, 6) is 8.00. The lowest BCUT2D eigenvalue weighted by Gasteiger charge is -2.22. The third-order valence-electron chi connectivity index (χ3n) is 1.42. The van der Waals surface area contributed by atoms with E-state index in [-0.39, 0.29) is 6.29 Å². The summed E-state index contributed by atoms with van der Waals surface area (Å²) in [5, 5.41) is 43.5. The van der Waals surface area contributed by atoms with Crippen molar-refractivity contribution in [2.75, 3.05) is 6.61 Å². The first kappa shape index (κ1) is 15.8. The third-order valence-corrected chi connectivity index (χ3v) is 1.42. The maximum atomic E-state index is 9.90. The minimum atomic E-state index is -1.79. The topological polar surface area (TPSA) is 170 Å². The second-order valence-electron chi connectivity index (χ2n) is 2.36. The SMILES string of the molecule is NN.O=CC(O)C(O)C(O)C(O)CO. The van der Waals surface area contributed by atoms with E-state index < -0.39 is 31.0 Å². The van der Waals surface area contributed by atoms with Crippen LogP contribution in [0.25, 0.3) is 0 Å². The van der Waals surface area contributed by atoms with E-state index in [0.29, 0.717) is 0 Å². The molecule has 0 rings (SSSR count). The van der Waals surface area contributed by atoms with Crippen molar-refractivity contribution in [1.29, 1.82) is 0 Å². The normalized spacial score (nSPS) is 18.5. The van der Waals surface area contributed by atoms with Crippen LogP contribution < -0.4 is 11.7 Å². The number of carbonyl (C=O) groups excluding carboxylic acids is 1. The van der Waals surface area contributed by atoms with Gasteiger partial charge in [-0.3, -0.25) is 11.7 Å². The quantitative estimate of drug-likeness (QED) is 0.136. The number of hydrazine groups is 1. The van der Waals surface area contributed by atoms with Crippen molar-refractivity contribution in [3.63, 3.8) is 0 Å². The molecule has 0 spiro atoms. The first-order chi connectivity index (χ1) is 6.54. The highest BCUT2D eigenvalue weighted by Crippen LogP contribution is 2.02. The van der Waals surface area contributed by atoms with Gasteiger partial charge in [0.2, 0.25) is 0 Å². The van der Waals surface area contributed by atoms with Gasteiger partial charge in [0.15, 0.2) is 6.29 Å². The van der Waals surface area contributed by atoms with Crippen LogP contribution in [0.4, 0.5) is 0 Å². The zero-order valence-electron chi connectivity index (χ0n) is 7.39. The summed E-state index contributed by atoms with van der Waals surface area (Å²) in [6, 6.07) is 0. The van der Waals surface area contributed by atoms with E-state index >= 15 is 0 Å². The van der Waals surface area contributed by atoms with Crippen molar-refractivity contribution in [2.24, 2.45) is 11.7 Å². The van der Waals surface area contributed by atoms with Crippen LogP contribution in [0.2, 0.25) is 0 Å². The van der Waals surface area contributed by atoms with Crippen molar-refractivity contribution >= 4 is 6.29 Å². The second kappa shape index (κ2) is 8.97. The Morgan fingerprint density at radius 3 is 1.79 bits per heavy atom. The van der Waals surface area contributed by atoms with E-state index in [1.165, 1.54) is 0 Å². The van der Waals surface area contributed by atoms with Gasteiger partial charge in [-0.1, -0.05) is 0 Å². The van der Waals surface area contributed by atoms with Crippen molar-refractivity contribution < 1.29 is 30.3 Å². The minimum absolute atomic E-state index is 0.0258. The summed E-state index contributed by atoms with van der Waals surface area (Å²) in [6.07, 6.45) is -6.84. The Labute approximate surface area is 80.4 Å². The molecule has 0 aromatic carbocycles. The average molecular weight is 212 g/mol. The molecule has 0 aliphatic carbocycles. The number of aliphatic hydroxyl groups is 5. The molecule has 0 aliphatic rings. The van der Waals surface area contributed by atoms with Crippen LogP contribution in [-0.4, -0.2) is 62.8 Å². The lowest BCUT2D eigenvalue weighted by Crippen LogP contribution is -2.46. The van der Waals surface area contributed by atoms with Crippen LogP contribution in [0.1, 0.15) is 0 Å². The summed E-state index contributed by atoms with van der Waals surface area (Å²) in [5.41, 5.74) is 0. The fraction of sp³-hybridized carbons (Fsp3) is 0.833. The van der Waals surface area contributed by atoms with Crippen LogP contribution in [0, 0.1) is 0 Å². The number of nitrogens with two attached hydrogens (primary N) is 2. The minimum Gasteiger partial charge on any atom is -0.394 e. The van der Waals surface area contributed by atoms with Crippen molar-refractivity contribution in [3.05, 3.63) is 0 Å². The van der Waals surface area contributed by atoms with E-state index in [0.717, 1.165) is 0 Å². The predicted molar refractivity (Wildman–Crippen MR) is 45.6 cm³/mol. The molecular formula is C6H16N2O6. The lowest BCUT2D eigenvalue weighted by atomic mass is 10.0. The number of aldehydes is 1. The Bertz CT molecular complexity index is 146. The molecule has 4 unspecified atom stereocenters. The molecule has 86 valence electrons. The molecule has 0 heterocycles. The summed E-state index contributed by atoms with van der Waals surface area (Å²) in [7, 11) is 0. The van der Waals surface area contributed by atoms with Crippen LogP contribution in [-0.2, 0) is 4.79 Å². The number of carbonyl (C=O) groups is 1. The zero-order valence-corrected chi connectivity index (χ0v) is 7.39. The molecule has 0 aromatic rings. The Morgan fingerprint density at radius 1 is 1.07 bits per heavy atom. The van der Waals surface area contributed by atoms with Crippen LogP contribution in [0.5, 0.6) is 0 Å². The lowest BCUT2D eigenvalue weighted by molar-refractivity contribution is -0.136. The maximum absolute atomic E-state index is 9.90. The Balaban J connectivity index is 0. The number of hydrogen-bond donors (Lipinski definition) is 7. The van der Waals surface area contributed by atoms with Gasteiger partial charge in [-0.2, -0.15) is 0 Å². The van der Waals surface area contributed by atoms with E-state index in [9.17, 15) is 4.79 Å². The zero-order chi connectivity index (χ0) is 11.7. The van der Waals surface area contributed by atoms with Gasteiger partial charge in [0, 0.05) is 0 Å². The van der Waals surface area contributed by atoms with Crippen LogP contribution in [0.15, 0.2) is 0 Å². The average Bonchev–Trinajstić information content (AvgIpc) is 2.27. The fourth-order valence-corrected chi connectivity index (χ4v) is 0.618. The molecule has 8 heteroatoms. The molecule has 0 radical (unpaired) electrons. The molecule has 0 aromatic heterocycles. The second-order valence-corrected chi connectivity index (χ2v) is 2.36. The van der Waals surface area contributed by atoms with Gasteiger partial charge in [0.25, 0.3) is 0 Å². The first-order valence-electron chi connectivity index (χ1n) is 3.66. The highest BCUT2D eigenvalue weighted by Gasteiger charge is 2.29. The van der Waals surface area contributed by atoms with Gasteiger partial charge >= 0.3 is 0 Å². The van der Waals surface area contributed by atoms with Gasteiger partial charge in [0.05, 0.1) is 6.61 Å². The van der Waals surface area contributed by atoms with Gasteiger partial charge < -0.3 is 30.3 Å². The van der Waals surface area contributed by atoms with Crippen molar-refractivity contribution in [1.82, 2.24) is 0 Å². The molecule has 0 saturated heterocycles. The summed E-state index contributed by atoms with van der Waals surface area (Å²) in [6.45, 7) is -0.760. The van der Waals surface area contributed by atoms with Gasteiger partial charge in [-0.25, -0.2) is 0 Å². The Morgan fingerprint density at radius 2 is 1.50 bits per heavy atom. The largest absolute Gasteiger partial charge is 0.394 e. The van der Waals surface area contributed by atoms with Crippen molar-refractivity contribution in [2.45, 2.75) is 24.4 Å². The predicted octanol–water partition coefficient (Wildman–Crippen LogP) is -4.56. The van der Waals surface area contributed by atoms with Gasteiger partial charge in [-0.15, -0.1) is 0 Å². The summed E-state index contributed by atoms with van der Waals surface area (Å²) < 4.78 is 0. The van der Waals surface area contributed by atoms with E-state index in [1.54, 1.807) is 0 Å². The molecule has 4 atom stereocenters. The highest BCUT2D eigenvalue weighted by atomic mass is 16.4.